The standard InChI is InChI=1S/C19H22N2O3S/c1-13-11-21(7-6-20-13)19(22)10-15(18-3-2-8-25-18)14-4-5-16-17(9-14)24-12-23-16/h2-5,8-9,13,15,20H,6-7,10-12H2,1H3. The molecule has 3 heterocycles. The van der Waals surface area contributed by atoms with Gasteiger partial charge in [-0.2, -0.15) is 0 Å². The molecule has 132 valence electrons. The summed E-state index contributed by atoms with van der Waals surface area (Å²) in [4.78, 5) is 16.1. The minimum atomic E-state index is 0.0483. The van der Waals surface area contributed by atoms with E-state index < -0.39 is 0 Å². The summed E-state index contributed by atoms with van der Waals surface area (Å²) in [5.74, 6) is 1.80. The second-order valence-electron chi connectivity index (χ2n) is 6.58. The van der Waals surface area contributed by atoms with Crippen molar-refractivity contribution in [3.63, 3.8) is 0 Å². The highest BCUT2D eigenvalue weighted by molar-refractivity contribution is 7.10. The Morgan fingerprint density at radius 1 is 1.36 bits per heavy atom. The van der Waals surface area contributed by atoms with E-state index in [-0.39, 0.29) is 18.6 Å². The van der Waals surface area contributed by atoms with E-state index in [4.69, 9.17) is 9.47 Å². The SMILES string of the molecule is CC1CN(C(=O)CC(c2ccc3c(c2)OCO3)c2cccs2)CCN1. The molecule has 2 atom stereocenters. The minimum Gasteiger partial charge on any atom is -0.454 e. The highest BCUT2D eigenvalue weighted by atomic mass is 32.1. The van der Waals surface area contributed by atoms with E-state index in [1.54, 1.807) is 11.3 Å². The second-order valence-corrected chi connectivity index (χ2v) is 7.56. The Bertz CT molecular complexity index is 747. The van der Waals surface area contributed by atoms with Crippen LogP contribution >= 0.6 is 11.3 Å². The van der Waals surface area contributed by atoms with Crippen LogP contribution in [0.25, 0.3) is 0 Å². The van der Waals surface area contributed by atoms with E-state index in [1.165, 1.54) is 4.88 Å². The summed E-state index contributed by atoms with van der Waals surface area (Å²) in [5, 5.41) is 5.45. The van der Waals surface area contributed by atoms with Crippen molar-refractivity contribution in [3.05, 3.63) is 46.2 Å². The maximum atomic E-state index is 12.9. The van der Waals surface area contributed by atoms with Crippen LogP contribution in [0.15, 0.2) is 35.7 Å². The number of nitrogens with zero attached hydrogens (tertiary/aromatic N) is 1. The highest BCUT2D eigenvalue weighted by Crippen LogP contribution is 2.39. The summed E-state index contributed by atoms with van der Waals surface area (Å²) >= 11 is 1.69. The number of amides is 1. The lowest BCUT2D eigenvalue weighted by atomic mass is 9.93. The van der Waals surface area contributed by atoms with Gasteiger partial charge in [-0.05, 0) is 36.1 Å². The predicted octanol–water partition coefficient (Wildman–Crippen LogP) is 2.82. The van der Waals surface area contributed by atoms with Crippen molar-refractivity contribution in [1.82, 2.24) is 10.2 Å². The normalized spacial score (nSPS) is 20.5. The zero-order chi connectivity index (χ0) is 17.2. The molecule has 1 fully saturated rings. The van der Waals surface area contributed by atoms with Gasteiger partial charge in [0.1, 0.15) is 0 Å². The van der Waals surface area contributed by atoms with Crippen LogP contribution in [0, 0.1) is 0 Å². The topological polar surface area (TPSA) is 50.8 Å². The molecule has 4 rings (SSSR count). The lowest BCUT2D eigenvalue weighted by Gasteiger charge is -2.33. The number of piperazine rings is 1. The first-order valence-electron chi connectivity index (χ1n) is 8.65. The fraction of sp³-hybridized carbons (Fsp3) is 0.421. The van der Waals surface area contributed by atoms with Gasteiger partial charge in [-0.15, -0.1) is 11.3 Å². The predicted molar refractivity (Wildman–Crippen MR) is 97.4 cm³/mol. The lowest BCUT2D eigenvalue weighted by Crippen LogP contribution is -2.51. The Morgan fingerprint density at radius 3 is 3.04 bits per heavy atom. The molecule has 2 unspecified atom stereocenters. The highest BCUT2D eigenvalue weighted by Gasteiger charge is 2.27. The molecule has 2 aliphatic heterocycles. The number of benzene rings is 1. The van der Waals surface area contributed by atoms with Crippen LogP contribution in [0.3, 0.4) is 0 Å². The van der Waals surface area contributed by atoms with Crippen LogP contribution in [-0.2, 0) is 4.79 Å². The third-order valence-corrected chi connectivity index (χ3v) is 5.77. The molecule has 0 bridgehead atoms. The third-order valence-electron chi connectivity index (χ3n) is 4.79. The zero-order valence-electron chi connectivity index (χ0n) is 14.2. The van der Waals surface area contributed by atoms with E-state index >= 15 is 0 Å². The Kier molecular flexibility index (Phi) is 4.63. The number of carbonyl (C=O) groups is 1. The molecule has 0 radical (unpaired) electrons. The molecule has 1 saturated heterocycles. The molecule has 0 spiro atoms. The molecular formula is C19H22N2O3S. The van der Waals surface area contributed by atoms with Crippen LogP contribution in [0.5, 0.6) is 11.5 Å². The molecule has 1 aromatic heterocycles. The molecule has 1 amide bonds. The number of fused-ring (bicyclic) bond motifs is 1. The summed E-state index contributed by atoms with van der Waals surface area (Å²) in [6.07, 6.45) is 0.479. The van der Waals surface area contributed by atoms with Crippen molar-refractivity contribution in [3.8, 4) is 11.5 Å². The van der Waals surface area contributed by atoms with E-state index in [0.29, 0.717) is 12.5 Å². The van der Waals surface area contributed by atoms with Crippen molar-refractivity contribution in [2.24, 2.45) is 0 Å². The molecule has 1 aromatic carbocycles. The fourth-order valence-electron chi connectivity index (χ4n) is 3.46. The van der Waals surface area contributed by atoms with Crippen molar-refractivity contribution in [2.45, 2.75) is 25.3 Å². The summed E-state index contributed by atoms with van der Waals surface area (Å²) in [6, 6.07) is 10.5. The largest absolute Gasteiger partial charge is 0.454 e. The van der Waals surface area contributed by atoms with Crippen molar-refractivity contribution in [1.29, 1.82) is 0 Å². The summed E-state index contributed by atoms with van der Waals surface area (Å²) in [6.45, 7) is 4.80. The van der Waals surface area contributed by atoms with Gasteiger partial charge in [0.2, 0.25) is 12.7 Å². The van der Waals surface area contributed by atoms with E-state index in [9.17, 15) is 4.79 Å². The lowest BCUT2D eigenvalue weighted by molar-refractivity contribution is -0.132. The van der Waals surface area contributed by atoms with Gasteiger partial charge in [0, 0.05) is 42.9 Å². The number of thiophene rings is 1. The molecule has 1 N–H and O–H groups in total. The van der Waals surface area contributed by atoms with Gasteiger partial charge in [-0.1, -0.05) is 12.1 Å². The number of carbonyl (C=O) groups excluding carboxylic acids is 1. The van der Waals surface area contributed by atoms with Gasteiger partial charge in [0.15, 0.2) is 11.5 Å². The molecule has 5 nitrogen and oxygen atoms in total. The van der Waals surface area contributed by atoms with Gasteiger partial charge in [0.05, 0.1) is 0 Å². The number of ether oxygens (including phenoxy) is 2. The summed E-state index contributed by atoms with van der Waals surface area (Å²) < 4.78 is 10.9. The molecule has 6 heteroatoms. The van der Waals surface area contributed by atoms with Crippen LogP contribution in [0.1, 0.15) is 29.7 Å². The average Bonchev–Trinajstić information content (AvgIpc) is 3.30. The smallest absolute Gasteiger partial charge is 0.231 e. The van der Waals surface area contributed by atoms with Crippen LogP contribution < -0.4 is 14.8 Å². The number of hydrogen-bond donors (Lipinski definition) is 1. The summed E-state index contributed by atoms with van der Waals surface area (Å²) in [7, 11) is 0. The van der Waals surface area contributed by atoms with Crippen molar-refractivity contribution in [2.75, 3.05) is 26.4 Å². The third kappa shape index (κ3) is 3.50. The number of hydrogen-bond acceptors (Lipinski definition) is 5. The van der Waals surface area contributed by atoms with Gasteiger partial charge in [0.25, 0.3) is 0 Å². The quantitative estimate of drug-likeness (QED) is 0.913. The molecule has 25 heavy (non-hydrogen) atoms. The van der Waals surface area contributed by atoms with Crippen LogP contribution in [0.4, 0.5) is 0 Å². The van der Waals surface area contributed by atoms with Crippen molar-refractivity contribution < 1.29 is 14.3 Å². The molecule has 2 aliphatic rings. The van der Waals surface area contributed by atoms with Crippen LogP contribution in [-0.4, -0.2) is 43.3 Å². The first-order chi connectivity index (χ1) is 12.2. The maximum absolute atomic E-state index is 12.9. The molecule has 0 saturated carbocycles. The second kappa shape index (κ2) is 7.06. The van der Waals surface area contributed by atoms with E-state index in [2.05, 4.69) is 23.7 Å². The van der Waals surface area contributed by atoms with E-state index in [0.717, 1.165) is 36.7 Å². The van der Waals surface area contributed by atoms with Gasteiger partial charge in [-0.3, -0.25) is 4.79 Å². The van der Waals surface area contributed by atoms with Crippen molar-refractivity contribution >= 4 is 17.2 Å². The maximum Gasteiger partial charge on any atom is 0.231 e. The minimum absolute atomic E-state index is 0.0483. The van der Waals surface area contributed by atoms with E-state index in [1.807, 2.05) is 29.2 Å². The first-order valence-corrected chi connectivity index (χ1v) is 9.53. The number of nitrogens with one attached hydrogen (secondary N) is 1. The molecule has 2 aromatic rings. The van der Waals surface area contributed by atoms with Gasteiger partial charge >= 0.3 is 0 Å². The van der Waals surface area contributed by atoms with Crippen LogP contribution in [0.2, 0.25) is 0 Å². The molecular weight excluding hydrogens is 336 g/mol. The Labute approximate surface area is 151 Å². The first kappa shape index (κ1) is 16.4. The Morgan fingerprint density at radius 2 is 2.24 bits per heavy atom. The van der Waals surface area contributed by atoms with Gasteiger partial charge in [-0.25, -0.2) is 0 Å². The molecule has 0 aliphatic carbocycles. The Hall–Kier alpha value is -2.05. The fourth-order valence-corrected chi connectivity index (χ4v) is 4.32. The monoisotopic (exact) mass is 358 g/mol. The summed E-state index contributed by atoms with van der Waals surface area (Å²) in [5.41, 5.74) is 1.10. The average molecular weight is 358 g/mol. The zero-order valence-corrected chi connectivity index (χ0v) is 15.1. The number of rotatable bonds is 4. The van der Waals surface area contributed by atoms with Gasteiger partial charge < -0.3 is 19.7 Å². The Balaban J connectivity index is 1.58.